The maximum absolute atomic E-state index is 10.0. The van der Waals surface area contributed by atoms with Gasteiger partial charge >= 0.3 is 0 Å². The van der Waals surface area contributed by atoms with Crippen molar-refractivity contribution in [2.24, 2.45) is 16.8 Å². The zero-order valence-corrected chi connectivity index (χ0v) is 18.1. The Bertz CT molecular complexity index is 804. The Morgan fingerprint density at radius 2 is 1.87 bits per heavy atom. The van der Waals surface area contributed by atoms with E-state index in [1.165, 1.54) is 12.8 Å². The number of piperazine rings is 1. The standard InChI is InChI=1S/C20H31ClN8O/c21-17-15(14(12-30)11-13-3-4-13)25-19-16(24-17)18(27-7-1-2-8-27)26-20(29(19)22)28-9-5-23-6-10-28/h13-14,20,23,30H,1-12,22H2. The van der Waals surface area contributed by atoms with Crippen LogP contribution < -0.4 is 16.2 Å². The lowest BCUT2D eigenvalue weighted by Gasteiger charge is -2.41. The van der Waals surface area contributed by atoms with Crippen LogP contribution in [0.5, 0.6) is 0 Å². The second-order valence-corrected chi connectivity index (χ2v) is 9.17. The second-order valence-electron chi connectivity index (χ2n) is 8.82. The Morgan fingerprint density at radius 3 is 2.53 bits per heavy atom. The molecule has 5 rings (SSSR count). The molecule has 1 aromatic rings. The number of nitrogens with one attached hydrogen (secondary N) is 1. The highest BCUT2D eigenvalue weighted by molar-refractivity contribution is 6.30. The number of aliphatic hydroxyl groups excluding tert-OH is 1. The minimum absolute atomic E-state index is 0.0164. The van der Waals surface area contributed by atoms with Crippen LogP contribution in [0.4, 0.5) is 5.82 Å². The summed E-state index contributed by atoms with van der Waals surface area (Å²) in [6.45, 7) is 5.51. The highest BCUT2D eigenvalue weighted by Crippen LogP contribution is 2.40. The molecule has 0 radical (unpaired) electrons. The number of halogens is 1. The molecule has 1 saturated carbocycles. The van der Waals surface area contributed by atoms with Gasteiger partial charge in [0.2, 0.25) is 0 Å². The van der Waals surface area contributed by atoms with Gasteiger partial charge in [-0.1, -0.05) is 24.4 Å². The van der Waals surface area contributed by atoms with E-state index in [1.54, 1.807) is 5.01 Å². The van der Waals surface area contributed by atoms with Gasteiger partial charge in [-0.25, -0.2) is 20.8 Å². The van der Waals surface area contributed by atoms with Crippen molar-refractivity contribution in [3.8, 4) is 0 Å². The maximum Gasteiger partial charge on any atom is 0.195 e. The molecular formula is C20H31ClN8O. The lowest BCUT2D eigenvalue weighted by atomic mass is 9.99. The van der Waals surface area contributed by atoms with Crippen LogP contribution in [-0.2, 0) is 0 Å². The smallest absolute Gasteiger partial charge is 0.195 e. The minimum atomic E-state index is -0.311. The molecule has 2 saturated heterocycles. The number of aromatic nitrogens is 2. The number of rotatable bonds is 5. The zero-order chi connectivity index (χ0) is 20.7. The van der Waals surface area contributed by atoms with Gasteiger partial charge in [-0.05, 0) is 25.2 Å². The summed E-state index contributed by atoms with van der Waals surface area (Å²) in [5.41, 5.74) is 1.31. The van der Waals surface area contributed by atoms with E-state index in [9.17, 15) is 5.11 Å². The van der Waals surface area contributed by atoms with Crippen LogP contribution in [0.3, 0.4) is 0 Å². The van der Waals surface area contributed by atoms with Gasteiger partial charge in [0.1, 0.15) is 0 Å². The molecule has 0 amide bonds. The summed E-state index contributed by atoms with van der Waals surface area (Å²) in [4.78, 5) is 19.2. The molecule has 0 bridgehead atoms. The van der Waals surface area contributed by atoms with Crippen molar-refractivity contribution in [1.82, 2.24) is 25.1 Å². The van der Waals surface area contributed by atoms with Gasteiger partial charge in [-0.3, -0.25) is 9.91 Å². The van der Waals surface area contributed by atoms with Gasteiger partial charge in [0.15, 0.2) is 28.8 Å². The Balaban J connectivity index is 1.54. The number of aliphatic hydroxyl groups is 1. The third-order valence-electron chi connectivity index (χ3n) is 6.61. The van der Waals surface area contributed by atoms with Crippen LogP contribution in [0.1, 0.15) is 49.4 Å². The van der Waals surface area contributed by atoms with E-state index in [2.05, 4.69) is 15.1 Å². The van der Waals surface area contributed by atoms with Crippen LogP contribution in [-0.4, -0.2) is 82.9 Å². The number of aliphatic imine (C=N–C) groups is 1. The average Bonchev–Trinajstić information content (AvgIpc) is 3.43. The molecule has 10 heteroatoms. The topological polar surface area (TPSA) is 106 Å². The van der Waals surface area contributed by atoms with Crippen molar-refractivity contribution >= 4 is 23.3 Å². The fourth-order valence-electron chi connectivity index (χ4n) is 4.71. The van der Waals surface area contributed by atoms with Crippen molar-refractivity contribution in [2.45, 2.75) is 44.3 Å². The third-order valence-corrected chi connectivity index (χ3v) is 6.89. The molecule has 164 valence electrons. The van der Waals surface area contributed by atoms with Crippen LogP contribution in [0.25, 0.3) is 0 Å². The van der Waals surface area contributed by atoms with E-state index in [4.69, 9.17) is 32.4 Å². The summed E-state index contributed by atoms with van der Waals surface area (Å²) in [6.07, 6.45) is 5.30. The fraction of sp³-hybridized carbons (Fsp3) is 0.750. The first kappa shape index (κ1) is 20.4. The van der Waals surface area contributed by atoms with Crippen molar-refractivity contribution in [1.29, 1.82) is 0 Å². The van der Waals surface area contributed by atoms with E-state index in [0.29, 0.717) is 28.3 Å². The average molecular weight is 435 g/mol. The molecule has 2 unspecified atom stereocenters. The number of anilines is 1. The van der Waals surface area contributed by atoms with Gasteiger partial charge in [-0.15, -0.1) is 0 Å². The van der Waals surface area contributed by atoms with E-state index in [0.717, 1.165) is 64.4 Å². The van der Waals surface area contributed by atoms with Crippen molar-refractivity contribution in [3.63, 3.8) is 0 Å². The highest BCUT2D eigenvalue weighted by Gasteiger charge is 2.38. The van der Waals surface area contributed by atoms with Gasteiger partial charge in [0.05, 0.1) is 12.3 Å². The van der Waals surface area contributed by atoms with Crippen molar-refractivity contribution in [3.05, 3.63) is 16.5 Å². The molecule has 4 aliphatic rings. The molecule has 4 heterocycles. The number of hydrogen-bond acceptors (Lipinski definition) is 9. The number of amidine groups is 1. The number of nitrogens with two attached hydrogens (primary N) is 1. The molecule has 4 N–H and O–H groups in total. The molecule has 0 aromatic carbocycles. The molecule has 9 nitrogen and oxygen atoms in total. The molecule has 3 aliphatic heterocycles. The lowest BCUT2D eigenvalue weighted by molar-refractivity contribution is 0.169. The number of hydrogen-bond donors (Lipinski definition) is 3. The third kappa shape index (κ3) is 3.89. The van der Waals surface area contributed by atoms with E-state index in [-0.39, 0.29) is 18.8 Å². The normalized spacial score (nSPS) is 26.0. The van der Waals surface area contributed by atoms with E-state index >= 15 is 0 Å². The predicted molar refractivity (Wildman–Crippen MR) is 116 cm³/mol. The maximum atomic E-state index is 10.0. The number of likely N-dealkylation sites (tertiary alicyclic amines) is 1. The van der Waals surface area contributed by atoms with Crippen molar-refractivity contribution < 1.29 is 5.11 Å². The van der Waals surface area contributed by atoms with Gasteiger partial charge < -0.3 is 15.3 Å². The fourth-order valence-corrected chi connectivity index (χ4v) is 4.99. The van der Waals surface area contributed by atoms with Gasteiger partial charge in [0.25, 0.3) is 0 Å². The Morgan fingerprint density at radius 1 is 1.13 bits per heavy atom. The molecule has 2 atom stereocenters. The zero-order valence-electron chi connectivity index (χ0n) is 17.3. The van der Waals surface area contributed by atoms with Crippen LogP contribution in [0.15, 0.2) is 4.99 Å². The SMILES string of the molecule is NN1c2nc(C(CO)CC3CC3)c(Cl)nc2C(N2CCCC2)=NC1N1CCNCC1. The summed E-state index contributed by atoms with van der Waals surface area (Å²) < 4.78 is 0. The first-order valence-corrected chi connectivity index (χ1v) is 11.5. The van der Waals surface area contributed by atoms with Crippen LogP contribution in [0, 0.1) is 5.92 Å². The van der Waals surface area contributed by atoms with Crippen LogP contribution >= 0.6 is 11.6 Å². The Labute approximate surface area is 182 Å². The van der Waals surface area contributed by atoms with E-state index in [1.807, 2.05) is 0 Å². The molecule has 0 spiro atoms. The number of hydrazine groups is 1. The van der Waals surface area contributed by atoms with Crippen molar-refractivity contribution in [2.75, 3.05) is 50.9 Å². The second kappa shape index (κ2) is 8.55. The number of nitrogens with zero attached hydrogens (tertiary/aromatic N) is 6. The largest absolute Gasteiger partial charge is 0.396 e. The van der Waals surface area contributed by atoms with E-state index < -0.39 is 0 Å². The molecule has 1 aromatic heterocycles. The molecule has 1 aliphatic carbocycles. The predicted octanol–water partition coefficient (Wildman–Crippen LogP) is 0.731. The summed E-state index contributed by atoms with van der Waals surface area (Å²) in [6, 6.07) is 0. The summed E-state index contributed by atoms with van der Waals surface area (Å²) >= 11 is 6.61. The first-order valence-electron chi connectivity index (χ1n) is 11.2. The van der Waals surface area contributed by atoms with Gasteiger partial charge in [0, 0.05) is 45.2 Å². The van der Waals surface area contributed by atoms with Crippen LogP contribution in [0.2, 0.25) is 5.15 Å². The minimum Gasteiger partial charge on any atom is -0.396 e. The van der Waals surface area contributed by atoms with Gasteiger partial charge in [-0.2, -0.15) is 0 Å². The Hall–Kier alpha value is -1.52. The quantitative estimate of drug-likeness (QED) is 0.582. The number of fused-ring (bicyclic) bond motifs is 1. The first-order chi connectivity index (χ1) is 14.7. The molecular weight excluding hydrogens is 404 g/mol. The lowest BCUT2D eigenvalue weighted by Crippen LogP contribution is -2.59. The molecule has 30 heavy (non-hydrogen) atoms. The highest BCUT2D eigenvalue weighted by atomic mass is 35.5. The molecule has 3 fully saturated rings. The Kier molecular flexibility index (Phi) is 5.81. The summed E-state index contributed by atoms with van der Waals surface area (Å²) in [5.74, 6) is 8.60. The monoisotopic (exact) mass is 434 g/mol. The summed E-state index contributed by atoms with van der Waals surface area (Å²) in [7, 11) is 0. The summed E-state index contributed by atoms with van der Waals surface area (Å²) in [5, 5.41) is 15.4.